The predicted molar refractivity (Wildman–Crippen MR) is 91.0 cm³/mol. The summed E-state index contributed by atoms with van der Waals surface area (Å²) < 4.78 is 32.0. The van der Waals surface area contributed by atoms with Gasteiger partial charge in [-0.3, -0.25) is 4.72 Å². The molecule has 5 nitrogen and oxygen atoms in total. The zero-order valence-corrected chi connectivity index (χ0v) is 14.4. The Morgan fingerprint density at radius 3 is 2.32 bits per heavy atom. The standard InChI is InChI=1S/C16H26N2O3S/c1-4-5-10-22(19,20)17-15-6-8-16(9-7-15)18-13(2)11-21-12-14(18)3/h6-9,13-14,17H,4-5,10-12H2,1-3H3. The Morgan fingerprint density at radius 2 is 1.77 bits per heavy atom. The van der Waals surface area contributed by atoms with Crippen molar-refractivity contribution >= 4 is 21.4 Å². The van der Waals surface area contributed by atoms with Gasteiger partial charge < -0.3 is 9.64 Å². The average Bonchev–Trinajstić information content (AvgIpc) is 2.46. The van der Waals surface area contributed by atoms with Crippen LogP contribution in [0.15, 0.2) is 24.3 Å². The Morgan fingerprint density at radius 1 is 1.18 bits per heavy atom. The lowest BCUT2D eigenvalue weighted by molar-refractivity contribution is 0.0757. The number of nitrogens with zero attached hydrogens (tertiary/aromatic N) is 1. The molecule has 1 aromatic carbocycles. The molecule has 1 aliphatic heterocycles. The normalized spacial score (nSPS) is 22.6. The molecule has 0 bridgehead atoms. The maximum absolute atomic E-state index is 11.9. The van der Waals surface area contributed by atoms with E-state index in [1.54, 1.807) is 0 Å². The van der Waals surface area contributed by atoms with E-state index in [9.17, 15) is 8.42 Å². The van der Waals surface area contributed by atoms with Gasteiger partial charge in [0.15, 0.2) is 0 Å². The maximum atomic E-state index is 11.9. The lowest BCUT2D eigenvalue weighted by Crippen LogP contribution is -2.49. The second-order valence-electron chi connectivity index (χ2n) is 5.96. The summed E-state index contributed by atoms with van der Waals surface area (Å²) in [6.07, 6.45) is 1.54. The predicted octanol–water partition coefficient (Wildman–Crippen LogP) is 2.84. The first kappa shape index (κ1) is 17.1. The summed E-state index contributed by atoms with van der Waals surface area (Å²) in [5, 5.41) is 0. The number of benzene rings is 1. The zero-order valence-electron chi connectivity index (χ0n) is 13.6. The van der Waals surface area contributed by atoms with Crippen LogP contribution in [0, 0.1) is 0 Å². The summed E-state index contributed by atoms with van der Waals surface area (Å²) in [6, 6.07) is 8.22. The van der Waals surface area contributed by atoms with E-state index in [2.05, 4.69) is 23.5 Å². The van der Waals surface area contributed by atoms with Crippen LogP contribution in [-0.4, -0.2) is 39.5 Å². The number of sulfonamides is 1. The third-order valence-corrected chi connectivity index (χ3v) is 5.25. The lowest BCUT2D eigenvalue weighted by Gasteiger charge is -2.40. The first-order chi connectivity index (χ1) is 10.4. The van der Waals surface area contributed by atoms with E-state index in [-0.39, 0.29) is 5.75 Å². The molecule has 1 aromatic rings. The van der Waals surface area contributed by atoms with E-state index in [1.807, 2.05) is 31.2 Å². The summed E-state index contributed by atoms with van der Waals surface area (Å²) in [5.74, 6) is 0.169. The minimum Gasteiger partial charge on any atom is -0.377 e. The Balaban J connectivity index is 2.07. The molecule has 2 atom stereocenters. The van der Waals surface area contributed by atoms with Crippen molar-refractivity contribution in [1.82, 2.24) is 0 Å². The van der Waals surface area contributed by atoms with Crippen LogP contribution >= 0.6 is 0 Å². The van der Waals surface area contributed by atoms with Crippen LogP contribution in [0.25, 0.3) is 0 Å². The number of hydrogen-bond donors (Lipinski definition) is 1. The van der Waals surface area contributed by atoms with Gasteiger partial charge >= 0.3 is 0 Å². The molecule has 22 heavy (non-hydrogen) atoms. The largest absolute Gasteiger partial charge is 0.377 e. The van der Waals surface area contributed by atoms with E-state index in [1.165, 1.54) is 0 Å². The topological polar surface area (TPSA) is 58.6 Å². The number of nitrogens with one attached hydrogen (secondary N) is 1. The van der Waals surface area contributed by atoms with Crippen LogP contribution in [0.5, 0.6) is 0 Å². The molecule has 0 spiro atoms. The van der Waals surface area contributed by atoms with Gasteiger partial charge in [-0.1, -0.05) is 13.3 Å². The monoisotopic (exact) mass is 326 g/mol. The highest BCUT2D eigenvalue weighted by atomic mass is 32.2. The molecule has 0 amide bonds. The smallest absolute Gasteiger partial charge is 0.232 e. The van der Waals surface area contributed by atoms with Crippen LogP contribution in [-0.2, 0) is 14.8 Å². The molecule has 2 rings (SSSR count). The van der Waals surface area contributed by atoms with Gasteiger partial charge in [-0.2, -0.15) is 0 Å². The highest BCUT2D eigenvalue weighted by molar-refractivity contribution is 7.92. The van der Waals surface area contributed by atoms with Crippen LogP contribution in [0.1, 0.15) is 33.6 Å². The van der Waals surface area contributed by atoms with E-state index in [0.717, 1.165) is 25.3 Å². The van der Waals surface area contributed by atoms with Crippen molar-refractivity contribution in [3.8, 4) is 0 Å². The van der Waals surface area contributed by atoms with E-state index in [4.69, 9.17) is 4.74 Å². The molecular weight excluding hydrogens is 300 g/mol. The summed E-state index contributed by atoms with van der Waals surface area (Å²) in [5.41, 5.74) is 1.72. The van der Waals surface area contributed by atoms with E-state index in [0.29, 0.717) is 24.2 Å². The van der Waals surface area contributed by atoms with Gasteiger partial charge in [0.25, 0.3) is 0 Å². The third kappa shape index (κ3) is 4.36. The molecule has 1 N–H and O–H groups in total. The minimum absolute atomic E-state index is 0.169. The summed E-state index contributed by atoms with van der Waals surface area (Å²) in [6.45, 7) is 7.69. The second kappa shape index (κ2) is 7.33. The number of hydrogen-bond acceptors (Lipinski definition) is 4. The maximum Gasteiger partial charge on any atom is 0.232 e. The Labute approximate surface area is 133 Å². The van der Waals surface area contributed by atoms with Crippen LogP contribution in [0.3, 0.4) is 0 Å². The van der Waals surface area contributed by atoms with Crippen LogP contribution in [0.4, 0.5) is 11.4 Å². The van der Waals surface area contributed by atoms with Crippen LogP contribution in [0.2, 0.25) is 0 Å². The number of unbranched alkanes of at least 4 members (excludes halogenated alkanes) is 1. The number of anilines is 2. The molecule has 1 heterocycles. The van der Waals surface area contributed by atoms with Crippen molar-refractivity contribution in [2.24, 2.45) is 0 Å². The fourth-order valence-corrected chi connectivity index (χ4v) is 4.05. The Hall–Kier alpha value is -1.27. The summed E-state index contributed by atoms with van der Waals surface area (Å²) in [4.78, 5) is 2.32. The molecule has 1 aliphatic rings. The fraction of sp³-hybridized carbons (Fsp3) is 0.625. The zero-order chi connectivity index (χ0) is 16.2. The molecule has 2 unspecified atom stereocenters. The third-order valence-electron chi connectivity index (χ3n) is 3.87. The van der Waals surface area contributed by atoms with Gasteiger partial charge in [0.05, 0.1) is 19.0 Å². The molecule has 0 aromatic heterocycles. The quantitative estimate of drug-likeness (QED) is 0.873. The first-order valence-electron chi connectivity index (χ1n) is 7.89. The molecule has 6 heteroatoms. The molecule has 0 saturated carbocycles. The molecule has 0 aliphatic carbocycles. The van der Waals surface area contributed by atoms with Gasteiger partial charge in [0.2, 0.25) is 10.0 Å². The lowest BCUT2D eigenvalue weighted by atomic mass is 10.1. The van der Waals surface area contributed by atoms with Crippen molar-refractivity contribution in [2.45, 2.75) is 45.7 Å². The van der Waals surface area contributed by atoms with Crippen molar-refractivity contribution in [1.29, 1.82) is 0 Å². The van der Waals surface area contributed by atoms with Gasteiger partial charge in [0.1, 0.15) is 0 Å². The molecule has 0 radical (unpaired) electrons. The molecule has 1 saturated heterocycles. The number of morpholine rings is 1. The number of ether oxygens (including phenoxy) is 1. The highest BCUT2D eigenvalue weighted by Gasteiger charge is 2.25. The van der Waals surface area contributed by atoms with E-state index < -0.39 is 10.0 Å². The fourth-order valence-electron chi connectivity index (χ4n) is 2.78. The Kier molecular flexibility index (Phi) is 5.69. The average molecular weight is 326 g/mol. The first-order valence-corrected chi connectivity index (χ1v) is 9.55. The van der Waals surface area contributed by atoms with Gasteiger partial charge in [-0.05, 0) is 44.5 Å². The highest BCUT2D eigenvalue weighted by Crippen LogP contribution is 2.25. The van der Waals surface area contributed by atoms with Crippen LogP contribution < -0.4 is 9.62 Å². The number of rotatable bonds is 6. The van der Waals surface area contributed by atoms with Crippen molar-refractivity contribution in [3.05, 3.63) is 24.3 Å². The minimum atomic E-state index is -3.24. The molecule has 1 fully saturated rings. The van der Waals surface area contributed by atoms with Gasteiger partial charge in [-0.25, -0.2) is 8.42 Å². The molecular formula is C16H26N2O3S. The molecule has 124 valence electrons. The van der Waals surface area contributed by atoms with Crippen molar-refractivity contribution < 1.29 is 13.2 Å². The van der Waals surface area contributed by atoms with Crippen molar-refractivity contribution in [2.75, 3.05) is 28.6 Å². The van der Waals surface area contributed by atoms with E-state index >= 15 is 0 Å². The van der Waals surface area contributed by atoms with Gasteiger partial charge in [0, 0.05) is 23.5 Å². The Bertz CT molecular complexity index is 562. The summed E-state index contributed by atoms with van der Waals surface area (Å²) >= 11 is 0. The SMILES string of the molecule is CCCCS(=O)(=O)Nc1ccc(N2C(C)COCC2C)cc1. The van der Waals surface area contributed by atoms with Crippen molar-refractivity contribution in [3.63, 3.8) is 0 Å². The van der Waals surface area contributed by atoms with Gasteiger partial charge in [-0.15, -0.1) is 0 Å². The second-order valence-corrected chi connectivity index (χ2v) is 7.81. The summed E-state index contributed by atoms with van der Waals surface area (Å²) in [7, 11) is -3.24.